The lowest BCUT2D eigenvalue weighted by Crippen LogP contribution is -2.08. The molecule has 2 aromatic carbocycles. The van der Waals surface area contributed by atoms with Crippen LogP contribution in [0.5, 0.6) is 23.0 Å². The van der Waals surface area contributed by atoms with Crippen LogP contribution in [-0.4, -0.2) is 34.1 Å². The van der Waals surface area contributed by atoms with Crippen molar-refractivity contribution in [1.29, 1.82) is 0 Å². The van der Waals surface area contributed by atoms with Gasteiger partial charge < -0.3 is 29.6 Å². The first kappa shape index (κ1) is 26.9. The minimum atomic E-state index is -0.502. The predicted octanol–water partition coefficient (Wildman–Crippen LogP) is 5.79. The van der Waals surface area contributed by atoms with Crippen LogP contribution in [0.3, 0.4) is 0 Å². The second-order valence-electron chi connectivity index (χ2n) is 9.30. The van der Waals surface area contributed by atoms with Crippen LogP contribution in [0, 0.1) is 0 Å². The lowest BCUT2D eigenvalue weighted by molar-refractivity contribution is 0.331. The molecule has 0 saturated carbocycles. The van der Waals surface area contributed by atoms with E-state index < -0.39 is 5.43 Å². The Bertz CT molecular complexity index is 1430. The molecule has 3 rings (SSSR count). The summed E-state index contributed by atoms with van der Waals surface area (Å²) in [6.45, 7) is 7.67. The molecule has 7 nitrogen and oxygen atoms in total. The zero-order valence-corrected chi connectivity index (χ0v) is 21.4. The van der Waals surface area contributed by atoms with E-state index in [4.69, 9.17) is 9.15 Å². The minimum absolute atomic E-state index is 0.00751. The van der Waals surface area contributed by atoms with Gasteiger partial charge in [-0.3, -0.25) is 4.79 Å². The van der Waals surface area contributed by atoms with Crippen LogP contribution in [0.25, 0.3) is 21.9 Å². The van der Waals surface area contributed by atoms with Crippen LogP contribution in [-0.2, 0) is 12.8 Å². The van der Waals surface area contributed by atoms with Crippen LogP contribution in [0.15, 0.2) is 56.3 Å². The highest BCUT2D eigenvalue weighted by atomic mass is 16.5. The van der Waals surface area contributed by atoms with Gasteiger partial charge in [-0.05, 0) is 53.4 Å². The highest BCUT2D eigenvalue weighted by Crippen LogP contribution is 2.40. The van der Waals surface area contributed by atoms with Crippen molar-refractivity contribution >= 4 is 21.9 Å². The fourth-order valence-corrected chi connectivity index (χ4v) is 4.16. The van der Waals surface area contributed by atoms with Gasteiger partial charge in [0.2, 0.25) is 5.43 Å². The molecule has 0 amide bonds. The Hall–Kier alpha value is -3.71. The summed E-state index contributed by atoms with van der Waals surface area (Å²) in [5.41, 5.74) is 3.24. The fourth-order valence-electron chi connectivity index (χ4n) is 4.16. The molecule has 0 spiro atoms. The Morgan fingerprint density at radius 3 is 2.14 bits per heavy atom. The highest BCUT2D eigenvalue weighted by Gasteiger charge is 2.23. The van der Waals surface area contributed by atoms with Crippen molar-refractivity contribution in [3.8, 4) is 23.0 Å². The minimum Gasteiger partial charge on any atom is -0.507 e. The predicted molar refractivity (Wildman–Crippen MR) is 142 cm³/mol. The zero-order valence-electron chi connectivity index (χ0n) is 21.4. The summed E-state index contributed by atoms with van der Waals surface area (Å²) in [4.78, 5) is 13.7. The van der Waals surface area contributed by atoms with Crippen molar-refractivity contribution in [2.24, 2.45) is 0 Å². The molecule has 0 bridgehead atoms. The number of hydrogen-bond acceptors (Lipinski definition) is 7. The van der Waals surface area contributed by atoms with Gasteiger partial charge in [0, 0.05) is 23.3 Å². The standard InChI is InChI=1S/C29H34O7/c1-16(2)7-6-8-17(3)9-11-19-21(31)13-24-26(27(19)33)28(34)25-20(12-10-18(4)15-30)29(35-5)22(32)14-23(25)36-24/h7,9-10,13-14,30-33H,6,8,11-12,15H2,1-5H3. The topological polar surface area (TPSA) is 120 Å². The van der Waals surface area contributed by atoms with Crippen molar-refractivity contribution < 1.29 is 29.6 Å². The molecule has 36 heavy (non-hydrogen) atoms. The molecule has 4 N–H and O–H groups in total. The number of ether oxygens (including phenoxy) is 1. The molecule has 192 valence electrons. The molecule has 0 unspecified atom stereocenters. The first-order valence-electron chi connectivity index (χ1n) is 11.9. The molecule has 0 aliphatic rings. The number of phenols is 3. The molecular weight excluding hydrogens is 460 g/mol. The lowest BCUT2D eigenvalue weighted by atomic mass is 9.98. The summed E-state index contributed by atoms with van der Waals surface area (Å²) in [6.07, 6.45) is 7.99. The van der Waals surface area contributed by atoms with Crippen molar-refractivity contribution in [1.82, 2.24) is 0 Å². The van der Waals surface area contributed by atoms with Crippen LogP contribution < -0.4 is 10.2 Å². The van der Waals surface area contributed by atoms with Crippen molar-refractivity contribution in [2.45, 2.75) is 53.4 Å². The Kier molecular flexibility index (Phi) is 8.48. The Morgan fingerprint density at radius 2 is 1.50 bits per heavy atom. The van der Waals surface area contributed by atoms with E-state index in [2.05, 4.69) is 6.08 Å². The molecule has 1 aromatic heterocycles. The van der Waals surface area contributed by atoms with Crippen LogP contribution in [0.1, 0.15) is 51.7 Å². The van der Waals surface area contributed by atoms with Gasteiger partial charge in [-0.2, -0.15) is 0 Å². The SMILES string of the molecule is COc1c(O)cc2oc3cc(O)c(CC=C(C)CCC=C(C)C)c(O)c3c(=O)c2c1CC=C(C)CO. The zero-order chi connectivity index (χ0) is 26.6. The fraction of sp³-hybridized carbons (Fsp3) is 0.345. The van der Waals surface area contributed by atoms with Gasteiger partial charge in [-0.1, -0.05) is 34.9 Å². The quantitative estimate of drug-likeness (QED) is 0.220. The molecule has 0 atom stereocenters. The van der Waals surface area contributed by atoms with Gasteiger partial charge in [0.15, 0.2) is 11.5 Å². The number of rotatable bonds is 9. The Balaban J connectivity index is 2.20. The number of aliphatic hydroxyl groups is 1. The van der Waals surface area contributed by atoms with E-state index in [1.807, 2.05) is 26.8 Å². The molecular formula is C29H34O7. The van der Waals surface area contributed by atoms with E-state index >= 15 is 0 Å². The van der Waals surface area contributed by atoms with E-state index in [0.717, 1.165) is 18.4 Å². The van der Waals surface area contributed by atoms with Gasteiger partial charge in [0.1, 0.15) is 28.1 Å². The van der Waals surface area contributed by atoms with Gasteiger partial charge in [-0.25, -0.2) is 0 Å². The number of fused-ring (bicyclic) bond motifs is 2. The molecule has 1 heterocycles. The Morgan fingerprint density at radius 1 is 0.889 bits per heavy atom. The normalized spacial score (nSPS) is 12.4. The molecule has 0 aliphatic heterocycles. The first-order chi connectivity index (χ1) is 17.1. The molecule has 0 fully saturated rings. The number of allylic oxidation sites excluding steroid dienone is 5. The summed E-state index contributed by atoms with van der Waals surface area (Å²) in [5, 5.41) is 41.6. The third-order valence-corrected chi connectivity index (χ3v) is 6.20. The average Bonchev–Trinajstić information content (AvgIpc) is 2.81. The maximum atomic E-state index is 13.7. The van der Waals surface area contributed by atoms with E-state index in [1.165, 1.54) is 24.8 Å². The average molecular weight is 495 g/mol. The van der Waals surface area contributed by atoms with Crippen LogP contribution >= 0.6 is 0 Å². The van der Waals surface area contributed by atoms with Crippen molar-refractivity contribution in [3.05, 3.63) is 68.4 Å². The molecule has 0 saturated heterocycles. The molecule has 0 radical (unpaired) electrons. The number of benzene rings is 2. The van der Waals surface area contributed by atoms with Crippen LogP contribution in [0.4, 0.5) is 0 Å². The smallest absolute Gasteiger partial charge is 0.204 e. The van der Waals surface area contributed by atoms with Gasteiger partial charge in [0.05, 0.1) is 19.1 Å². The number of methoxy groups -OCH3 is 1. The summed E-state index contributed by atoms with van der Waals surface area (Å²) in [6, 6.07) is 2.59. The van der Waals surface area contributed by atoms with Gasteiger partial charge >= 0.3 is 0 Å². The highest BCUT2D eigenvalue weighted by molar-refractivity contribution is 5.97. The second-order valence-corrected chi connectivity index (χ2v) is 9.30. The molecule has 3 aromatic rings. The van der Waals surface area contributed by atoms with E-state index in [0.29, 0.717) is 11.1 Å². The van der Waals surface area contributed by atoms with Gasteiger partial charge in [-0.15, -0.1) is 0 Å². The maximum absolute atomic E-state index is 13.7. The van der Waals surface area contributed by atoms with E-state index in [1.54, 1.807) is 13.0 Å². The lowest BCUT2D eigenvalue weighted by Gasteiger charge is -2.14. The third-order valence-electron chi connectivity index (χ3n) is 6.20. The number of aromatic hydroxyl groups is 3. The summed E-state index contributed by atoms with van der Waals surface area (Å²) < 4.78 is 11.2. The molecule has 7 heteroatoms. The van der Waals surface area contributed by atoms with E-state index in [-0.39, 0.29) is 69.9 Å². The van der Waals surface area contributed by atoms with Crippen molar-refractivity contribution in [2.75, 3.05) is 13.7 Å². The Labute approximate surface area is 210 Å². The van der Waals surface area contributed by atoms with Gasteiger partial charge in [0.25, 0.3) is 0 Å². The maximum Gasteiger partial charge on any atom is 0.204 e. The summed E-state index contributed by atoms with van der Waals surface area (Å²) in [7, 11) is 1.38. The van der Waals surface area contributed by atoms with Crippen LogP contribution in [0.2, 0.25) is 0 Å². The number of hydrogen-bond donors (Lipinski definition) is 4. The van der Waals surface area contributed by atoms with Crippen molar-refractivity contribution in [3.63, 3.8) is 0 Å². The summed E-state index contributed by atoms with van der Waals surface area (Å²) in [5.74, 6) is -0.620. The monoisotopic (exact) mass is 494 g/mol. The molecule has 0 aliphatic carbocycles. The number of phenolic OH excluding ortho intramolecular Hbond substituents is 3. The largest absolute Gasteiger partial charge is 0.507 e. The van der Waals surface area contributed by atoms with E-state index in [9.17, 15) is 25.2 Å². The second kappa shape index (κ2) is 11.4. The first-order valence-corrected chi connectivity index (χ1v) is 11.9. The number of aliphatic hydroxyl groups excluding tert-OH is 1. The summed E-state index contributed by atoms with van der Waals surface area (Å²) >= 11 is 0. The third kappa shape index (κ3) is 5.57.